The minimum absolute atomic E-state index is 0.174. The third kappa shape index (κ3) is 4.29. The average Bonchev–Trinajstić information content (AvgIpc) is 2.50. The van der Waals surface area contributed by atoms with Gasteiger partial charge in [-0.3, -0.25) is 4.79 Å². The summed E-state index contributed by atoms with van der Waals surface area (Å²) in [6.07, 6.45) is 0. The number of nitrogens with zero attached hydrogens (tertiary/aromatic N) is 1. The van der Waals surface area contributed by atoms with Crippen LogP contribution in [0.15, 0.2) is 53.0 Å². The van der Waals surface area contributed by atoms with Crippen molar-refractivity contribution < 1.29 is 13.9 Å². The highest BCUT2D eigenvalue weighted by Gasteiger charge is 2.13. The summed E-state index contributed by atoms with van der Waals surface area (Å²) >= 11 is 3.08. The number of halogens is 2. The van der Waals surface area contributed by atoms with Crippen LogP contribution < -0.4 is 4.74 Å². The molecule has 110 valence electrons. The Hall–Kier alpha value is -1.88. The molecule has 0 unspecified atom stereocenters. The molecule has 0 bridgehead atoms. The summed E-state index contributed by atoms with van der Waals surface area (Å²) in [5.74, 6) is 0.205. The fourth-order valence-corrected chi connectivity index (χ4v) is 2.15. The van der Waals surface area contributed by atoms with E-state index in [0.29, 0.717) is 18.7 Å². The largest absolute Gasteiger partial charge is 0.492 e. The molecule has 0 aliphatic carbocycles. The molecule has 0 fully saturated rings. The number of ether oxygens (including phenoxy) is 1. The van der Waals surface area contributed by atoms with Crippen LogP contribution in [0.4, 0.5) is 4.39 Å². The first-order valence-corrected chi connectivity index (χ1v) is 7.25. The Bertz CT molecular complexity index is 619. The molecule has 21 heavy (non-hydrogen) atoms. The summed E-state index contributed by atoms with van der Waals surface area (Å²) in [5.41, 5.74) is 0.436. The van der Waals surface area contributed by atoms with Crippen molar-refractivity contribution in [2.45, 2.75) is 0 Å². The molecule has 0 aromatic heterocycles. The molecule has 0 N–H and O–H groups in total. The van der Waals surface area contributed by atoms with Gasteiger partial charge in [0.15, 0.2) is 0 Å². The van der Waals surface area contributed by atoms with E-state index in [-0.39, 0.29) is 16.2 Å². The molecular weight excluding hydrogens is 337 g/mol. The van der Waals surface area contributed by atoms with Crippen LogP contribution in [-0.2, 0) is 0 Å². The van der Waals surface area contributed by atoms with Gasteiger partial charge in [-0.05, 0) is 46.3 Å². The lowest BCUT2D eigenvalue weighted by atomic mass is 10.2. The van der Waals surface area contributed by atoms with Gasteiger partial charge in [-0.2, -0.15) is 0 Å². The number of hydrogen-bond acceptors (Lipinski definition) is 2. The third-order valence-electron chi connectivity index (χ3n) is 2.95. The second kappa shape index (κ2) is 7.22. The topological polar surface area (TPSA) is 29.5 Å². The van der Waals surface area contributed by atoms with Gasteiger partial charge in [-0.1, -0.05) is 18.2 Å². The van der Waals surface area contributed by atoms with Gasteiger partial charge in [0.05, 0.1) is 11.0 Å². The molecule has 1 amide bonds. The van der Waals surface area contributed by atoms with E-state index in [4.69, 9.17) is 4.74 Å². The molecule has 0 spiro atoms. The molecule has 0 aliphatic heterocycles. The van der Waals surface area contributed by atoms with Crippen LogP contribution in [0.3, 0.4) is 0 Å². The Balaban J connectivity index is 1.89. The fraction of sp³-hybridized carbons (Fsp3) is 0.188. The summed E-state index contributed by atoms with van der Waals surface area (Å²) < 4.78 is 19.0. The summed E-state index contributed by atoms with van der Waals surface area (Å²) in [4.78, 5) is 13.7. The highest BCUT2D eigenvalue weighted by Crippen LogP contribution is 2.17. The zero-order valence-corrected chi connectivity index (χ0v) is 13.1. The maximum Gasteiger partial charge on any atom is 0.253 e. The van der Waals surface area contributed by atoms with Gasteiger partial charge >= 0.3 is 0 Å². The molecule has 0 saturated carbocycles. The first-order valence-electron chi connectivity index (χ1n) is 6.46. The number of rotatable bonds is 5. The Labute approximate surface area is 131 Å². The van der Waals surface area contributed by atoms with Crippen LogP contribution in [-0.4, -0.2) is 31.0 Å². The zero-order valence-electron chi connectivity index (χ0n) is 11.6. The summed E-state index contributed by atoms with van der Waals surface area (Å²) in [6.45, 7) is 0.845. The van der Waals surface area contributed by atoms with Gasteiger partial charge < -0.3 is 9.64 Å². The fourth-order valence-electron chi connectivity index (χ4n) is 1.77. The number of likely N-dealkylation sites (N-methyl/N-ethyl adjacent to an activating group) is 1. The van der Waals surface area contributed by atoms with Gasteiger partial charge in [-0.15, -0.1) is 0 Å². The van der Waals surface area contributed by atoms with E-state index in [0.717, 1.165) is 5.75 Å². The molecule has 3 nitrogen and oxygen atoms in total. The molecule has 2 aromatic rings. The highest BCUT2D eigenvalue weighted by atomic mass is 79.9. The minimum Gasteiger partial charge on any atom is -0.492 e. The lowest BCUT2D eigenvalue weighted by Crippen LogP contribution is -2.30. The highest BCUT2D eigenvalue weighted by molar-refractivity contribution is 9.10. The van der Waals surface area contributed by atoms with Crippen molar-refractivity contribution in [2.75, 3.05) is 20.2 Å². The number of carbonyl (C=O) groups excluding carboxylic acids is 1. The molecule has 0 radical (unpaired) electrons. The second-order valence-electron chi connectivity index (χ2n) is 4.52. The van der Waals surface area contributed by atoms with Crippen molar-refractivity contribution >= 4 is 21.8 Å². The minimum atomic E-state index is -0.387. The number of para-hydroxylation sites is 1. The van der Waals surface area contributed by atoms with Crippen LogP contribution >= 0.6 is 15.9 Å². The first kappa shape index (κ1) is 15.5. The standard InChI is InChI=1S/C16H15BrFNO2/c1-19(9-10-21-13-5-3-2-4-6-13)16(20)12-7-8-15(18)14(17)11-12/h2-8,11H,9-10H2,1H3. The number of benzene rings is 2. The number of carbonyl (C=O) groups is 1. The van der Waals surface area contributed by atoms with Crippen molar-refractivity contribution in [2.24, 2.45) is 0 Å². The molecule has 0 aliphatic rings. The monoisotopic (exact) mass is 351 g/mol. The molecule has 0 atom stereocenters. The lowest BCUT2D eigenvalue weighted by Gasteiger charge is -2.17. The van der Waals surface area contributed by atoms with Crippen LogP contribution in [0.2, 0.25) is 0 Å². The van der Waals surface area contributed by atoms with Gasteiger partial charge in [0, 0.05) is 12.6 Å². The van der Waals surface area contributed by atoms with E-state index < -0.39 is 0 Å². The van der Waals surface area contributed by atoms with Crippen molar-refractivity contribution in [1.29, 1.82) is 0 Å². The summed E-state index contributed by atoms with van der Waals surface area (Å²) in [7, 11) is 1.69. The number of hydrogen-bond donors (Lipinski definition) is 0. The van der Waals surface area contributed by atoms with Crippen molar-refractivity contribution in [3.8, 4) is 5.75 Å². The van der Waals surface area contributed by atoms with E-state index in [1.165, 1.54) is 18.2 Å². The molecule has 0 saturated heterocycles. The lowest BCUT2D eigenvalue weighted by molar-refractivity contribution is 0.0773. The van der Waals surface area contributed by atoms with Gasteiger partial charge in [-0.25, -0.2) is 4.39 Å². The van der Waals surface area contributed by atoms with E-state index >= 15 is 0 Å². The molecule has 2 rings (SSSR count). The van der Waals surface area contributed by atoms with Crippen LogP contribution in [0.1, 0.15) is 10.4 Å². The van der Waals surface area contributed by atoms with Gasteiger partial charge in [0.2, 0.25) is 0 Å². The average molecular weight is 352 g/mol. The van der Waals surface area contributed by atoms with Gasteiger partial charge in [0.1, 0.15) is 18.2 Å². The predicted octanol–water partition coefficient (Wildman–Crippen LogP) is 3.74. The van der Waals surface area contributed by atoms with E-state index in [9.17, 15) is 9.18 Å². The normalized spacial score (nSPS) is 10.2. The smallest absolute Gasteiger partial charge is 0.253 e. The quantitative estimate of drug-likeness (QED) is 0.821. The van der Waals surface area contributed by atoms with Crippen molar-refractivity contribution in [1.82, 2.24) is 4.90 Å². The maximum atomic E-state index is 13.2. The molecular formula is C16H15BrFNO2. The zero-order chi connectivity index (χ0) is 15.2. The van der Waals surface area contributed by atoms with Crippen LogP contribution in [0.5, 0.6) is 5.75 Å². The van der Waals surface area contributed by atoms with E-state index in [1.54, 1.807) is 11.9 Å². The SMILES string of the molecule is CN(CCOc1ccccc1)C(=O)c1ccc(F)c(Br)c1. The second-order valence-corrected chi connectivity index (χ2v) is 5.37. The van der Waals surface area contributed by atoms with Crippen molar-refractivity contribution in [3.63, 3.8) is 0 Å². The molecule has 0 heterocycles. The third-order valence-corrected chi connectivity index (χ3v) is 3.56. The Morgan fingerprint density at radius 1 is 1.24 bits per heavy atom. The van der Waals surface area contributed by atoms with Crippen LogP contribution in [0.25, 0.3) is 0 Å². The van der Waals surface area contributed by atoms with E-state index in [2.05, 4.69) is 15.9 Å². The van der Waals surface area contributed by atoms with Crippen molar-refractivity contribution in [3.05, 3.63) is 64.4 Å². The predicted molar refractivity (Wildman–Crippen MR) is 83.0 cm³/mol. The van der Waals surface area contributed by atoms with Crippen LogP contribution in [0, 0.1) is 5.82 Å². The van der Waals surface area contributed by atoms with E-state index in [1.807, 2.05) is 30.3 Å². The molecule has 2 aromatic carbocycles. The Morgan fingerprint density at radius 3 is 2.62 bits per heavy atom. The Morgan fingerprint density at radius 2 is 1.95 bits per heavy atom. The molecule has 5 heteroatoms. The maximum absolute atomic E-state index is 13.2. The number of amides is 1. The Kier molecular flexibility index (Phi) is 5.33. The summed E-state index contributed by atoms with van der Waals surface area (Å²) in [6, 6.07) is 13.6. The van der Waals surface area contributed by atoms with Gasteiger partial charge in [0.25, 0.3) is 5.91 Å². The first-order chi connectivity index (χ1) is 10.1. The summed E-state index contributed by atoms with van der Waals surface area (Å²) in [5, 5.41) is 0.